The standard InChI is InChI=1S/C25H20N2O5S.H2/c1-3-31-16-10-11-17-19(13-16)33-25(26-17)27-21(15-7-5-4-6-8-15)20(23(29)24(27)30)22(28)18-12-9-14(2)32-18;/h4-13,21,29H,3H2,1-2H3;1H. The van der Waals surface area contributed by atoms with Crippen LogP contribution in [0.2, 0.25) is 0 Å². The summed E-state index contributed by atoms with van der Waals surface area (Å²) in [6.07, 6.45) is 0. The van der Waals surface area contributed by atoms with Gasteiger partial charge in [0.1, 0.15) is 11.5 Å². The minimum atomic E-state index is -0.844. The average molecular weight is 463 g/mol. The van der Waals surface area contributed by atoms with Crippen molar-refractivity contribution < 1.29 is 25.3 Å². The van der Waals surface area contributed by atoms with E-state index >= 15 is 0 Å². The number of carbonyl (C=O) groups excluding carboxylic acids is 2. The predicted molar refractivity (Wildman–Crippen MR) is 127 cm³/mol. The number of aryl methyl sites for hydroxylation is 1. The van der Waals surface area contributed by atoms with E-state index in [1.165, 1.54) is 16.2 Å². The summed E-state index contributed by atoms with van der Waals surface area (Å²) in [6, 6.07) is 17.0. The molecule has 7 nitrogen and oxygen atoms in total. The quantitative estimate of drug-likeness (QED) is 0.374. The molecule has 5 rings (SSSR count). The fourth-order valence-corrected chi connectivity index (χ4v) is 4.95. The topological polar surface area (TPSA) is 92.9 Å². The molecule has 2 aromatic heterocycles. The van der Waals surface area contributed by atoms with Gasteiger partial charge in [0.15, 0.2) is 16.7 Å². The van der Waals surface area contributed by atoms with Gasteiger partial charge >= 0.3 is 0 Å². The molecule has 8 heteroatoms. The molecular formula is C25H22N2O5S. The molecule has 33 heavy (non-hydrogen) atoms. The molecule has 1 atom stereocenters. The van der Waals surface area contributed by atoms with Crippen molar-refractivity contribution in [2.24, 2.45) is 0 Å². The Bertz CT molecular complexity index is 1410. The number of ketones is 1. The molecule has 0 radical (unpaired) electrons. The predicted octanol–water partition coefficient (Wildman–Crippen LogP) is 5.63. The second-order valence-electron chi connectivity index (χ2n) is 7.55. The third-order valence-corrected chi connectivity index (χ3v) is 6.42. The number of nitrogens with zero attached hydrogens (tertiary/aromatic N) is 2. The van der Waals surface area contributed by atoms with Gasteiger partial charge in [-0.2, -0.15) is 0 Å². The molecule has 3 heterocycles. The number of rotatable bonds is 6. The number of furan rings is 1. The van der Waals surface area contributed by atoms with E-state index < -0.39 is 23.5 Å². The van der Waals surface area contributed by atoms with E-state index in [-0.39, 0.29) is 12.8 Å². The molecule has 0 saturated carbocycles. The average Bonchev–Trinajstić information content (AvgIpc) is 3.50. The van der Waals surface area contributed by atoms with Crippen LogP contribution in [-0.4, -0.2) is 28.4 Å². The number of aromatic nitrogens is 1. The van der Waals surface area contributed by atoms with E-state index in [1.807, 2.05) is 55.5 Å². The third-order valence-electron chi connectivity index (χ3n) is 5.40. The molecule has 0 aliphatic carbocycles. The highest BCUT2D eigenvalue weighted by molar-refractivity contribution is 7.22. The van der Waals surface area contributed by atoms with Crippen LogP contribution in [0, 0.1) is 6.92 Å². The Morgan fingerprint density at radius 3 is 2.70 bits per heavy atom. The van der Waals surface area contributed by atoms with Gasteiger partial charge in [0.05, 0.1) is 28.4 Å². The van der Waals surface area contributed by atoms with Crippen molar-refractivity contribution in [1.29, 1.82) is 0 Å². The highest BCUT2D eigenvalue weighted by Crippen LogP contribution is 2.44. The fourth-order valence-electron chi connectivity index (χ4n) is 3.93. The number of hydrogen-bond acceptors (Lipinski definition) is 7. The van der Waals surface area contributed by atoms with Gasteiger partial charge in [0.25, 0.3) is 5.91 Å². The van der Waals surface area contributed by atoms with Gasteiger partial charge in [-0.3, -0.25) is 14.5 Å². The van der Waals surface area contributed by atoms with Gasteiger partial charge in [-0.05, 0) is 49.7 Å². The van der Waals surface area contributed by atoms with Crippen molar-refractivity contribution in [1.82, 2.24) is 4.98 Å². The number of anilines is 1. The third kappa shape index (κ3) is 3.58. The number of hydrogen-bond donors (Lipinski definition) is 1. The van der Waals surface area contributed by atoms with Crippen LogP contribution in [0.3, 0.4) is 0 Å². The number of aliphatic hydroxyl groups is 1. The number of Topliss-reactive ketones (excluding diaryl/α,β-unsaturated/α-hetero) is 1. The zero-order valence-corrected chi connectivity index (χ0v) is 18.8. The summed E-state index contributed by atoms with van der Waals surface area (Å²) in [5, 5.41) is 11.2. The van der Waals surface area contributed by atoms with Gasteiger partial charge in [0.2, 0.25) is 5.78 Å². The van der Waals surface area contributed by atoms with Gasteiger partial charge in [-0.1, -0.05) is 41.7 Å². The highest BCUT2D eigenvalue weighted by atomic mass is 32.1. The lowest BCUT2D eigenvalue weighted by Crippen LogP contribution is -2.30. The lowest BCUT2D eigenvalue weighted by molar-refractivity contribution is -0.117. The van der Waals surface area contributed by atoms with E-state index in [2.05, 4.69) is 4.98 Å². The second kappa shape index (κ2) is 8.22. The van der Waals surface area contributed by atoms with Crippen molar-refractivity contribution >= 4 is 38.4 Å². The zero-order chi connectivity index (χ0) is 23.1. The molecular weight excluding hydrogens is 440 g/mol. The maximum absolute atomic E-state index is 13.3. The molecule has 0 bridgehead atoms. The maximum atomic E-state index is 13.3. The van der Waals surface area contributed by atoms with Crippen LogP contribution in [0.15, 0.2) is 76.4 Å². The minimum absolute atomic E-state index is 0. The van der Waals surface area contributed by atoms with Crippen LogP contribution in [0.25, 0.3) is 10.2 Å². The summed E-state index contributed by atoms with van der Waals surface area (Å²) in [5.74, 6) is -0.484. The Morgan fingerprint density at radius 2 is 2.00 bits per heavy atom. The van der Waals surface area contributed by atoms with E-state index in [0.717, 1.165) is 4.70 Å². The monoisotopic (exact) mass is 462 g/mol. The summed E-state index contributed by atoms with van der Waals surface area (Å²) in [7, 11) is 0. The summed E-state index contributed by atoms with van der Waals surface area (Å²) in [6.45, 7) is 4.17. The first-order valence-electron chi connectivity index (χ1n) is 10.4. The van der Waals surface area contributed by atoms with Crippen LogP contribution in [-0.2, 0) is 4.79 Å². The lowest BCUT2D eigenvalue weighted by atomic mass is 9.95. The summed E-state index contributed by atoms with van der Waals surface area (Å²) in [5.41, 5.74) is 1.34. The van der Waals surface area contributed by atoms with Crippen LogP contribution < -0.4 is 9.64 Å². The molecule has 0 saturated heterocycles. The number of amides is 1. The molecule has 1 amide bonds. The molecule has 0 spiro atoms. The molecule has 1 aliphatic rings. The largest absolute Gasteiger partial charge is 0.503 e. The smallest absolute Gasteiger partial charge is 0.296 e. The minimum Gasteiger partial charge on any atom is -0.503 e. The second-order valence-corrected chi connectivity index (χ2v) is 8.56. The van der Waals surface area contributed by atoms with Crippen molar-refractivity contribution in [2.45, 2.75) is 19.9 Å². The lowest BCUT2D eigenvalue weighted by Gasteiger charge is -2.24. The van der Waals surface area contributed by atoms with Crippen LogP contribution >= 0.6 is 11.3 Å². The van der Waals surface area contributed by atoms with Crippen molar-refractivity contribution in [2.75, 3.05) is 11.5 Å². The highest BCUT2D eigenvalue weighted by Gasteiger charge is 2.46. The Balaban J connectivity index is 0.00000274. The van der Waals surface area contributed by atoms with Crippen molar-refractivity contribution in [3.05, 3.63) is 89.1 Å². The summed E-state index contributed by atoms with van der Waals surface area (Å²) < 4.78 is 11.9. The number of benzene rings is 2. The Morgan fingerprint density at radius 1 is 1.21 bits per heavy atom. The number of carbonyl (C=O) groups is 2. The Kier molecular flexibility index (Phi) is 5.22. The molecule has 4 aromatic rings. The van der Waals surface area contributed by atoms with Crippen LogP contribution in [0.4, 0.5) is 5.13 Å². The van der Waals surface area contributed by atoms with E-state index in [4.69, 9.17) is 9.15 Å². The molecule has 168 valence electrons. The Hall–Kier alpha value is -3.91. The first kappa shape index (κ1) is 21.0. The van der Waals surface area contributed by atoms with E-state index in [0.29, 0.717) is 34.3 Å². The number of thiazole rings is 1. The normalized spacial score (nSPS) is 16.1. The Labute approximate surface area is 195 Å². The molecule has 1 N–H and O–H groups in total. The number of ether oxygens (including phenoxy) is 1. The zero-order valence-electron chi connectivity index (χ0n) is 17.9. The van der Waals surface area contributed by atoms with Gasteiger partial charge < -0.3 is 14.3 Å². The first-order chi connectivity index (χ1) is 16.0. The van der Waals surface area contributed by atoms with E-state index in [1.54, 1.807) is 19.1 Å². The SMILES string of the molecule is CCOc1ccc2nc(N3C(=O)C(O)=C(C(=O)c4ccc(C)o4)C3c3ccccc3)sc2c1.[HH]. The summed E-state index contributed by atoms with van der Waals surface area (Å²) >= 11 is 1.29. The molecule has 0 fully saturated rings. The van der Waals surface area contributed by atoms with Gasteiger partial charge in [-0.25, -0.2) is 4.98 Å². The van der Waals surface area contributed by atoms with Gasteiger partial charge in [0, 0.05) is 1.43 Å². The number of aliphatic hydroxyl groups excluding tert-OH is 1. The van der Waals surface area contributed by atoms with Crippen molar-refractivity contribution in [3.8, 4) is 5.75 Å². The fraction of sp³-hybridized carbons (Fsp3) is 0.160. The summed E-state index contributed by atoms with van der Waals surface area (Å²) in [4.78, 5) is 32.6. The van der Waals surface area contributed by atoms with Crippen molar-refractivity contribution in [3.63, 3.8) is 0 Å². The molecule has 2 aromatic carbocycles. The molecule has 1 aliphatic heterocycles. The first-order valence-corrected chi connectivity index (χ1v) is 11.3. The van der Waals surface area contributed by atoms with E-state index in [9.17, 15) is 14.7 Å². The molecule has 1 unspecified atom stereocenters. The van der Waals surface area contributed by atoms with Crippen LogP contribution in [0.1, 0.15) is 36.3 Å². The maximum Gasteiger partial charge on any atom is 0.296 e. The number of fused-ring (bicyclic) bond motifs is 1. The van der Waals surface area contributed by atoms with Crippen LogP contribution in [0.5, 0.6) is 5.75 Å². The van der Waals surface area contributed by atoms with Gasteiger partial charge in [-0.15, -0.1) is 0 Å².